The van der Waals surface area contributed by atoms with Crippen LogP contribution in [0, 0.1) is 0 Å². The van der Waals surface area contributed by atoms with Crippen LogP contribution in [-0.4, -0.2) is 22.6 Å². The number of hydrogen-bond acceptors (Lipinski definition) is 5. The average Bonchev–Trinajstić information content (AvgIpc) is 2.96. The number of nitrogens with zero attached hydrogens (tertiary/aromatic N) is 1. The quantitative estimate of drug-likeness (QED) is 0.747. The highest BCUT2D eigenvalue weighted by molar-refractivity contribution is 8.00. The maximum absolute atomic E-state index is 12.4. The van der Waals surface area contributed by atoms with E-state index in [1.54, 1.807) is 12.1 Å². The third-order valence-corrected chi connectivity index (χ3v) is 5.41. The van der Waals surface area contributed by atoms with Gasteiger partial charge in [-0.2, -0.15) is 0 Å². The van der Waals surface area contributed by atoms with Crippen molar-refractivity contribution in [1.29, 1.82) is 0 Å². The zero-order valence-electron chi connectivity index (χ0n) is 11.8. The lowest BCUT2D eigenvalue weighted by atomic mass is 10.2. The molecule has 0 aliphatic carbocycles. The van der Waals surface area contributed by atoms with Crippen LogP contribution < -0.4 is 10.6 Å². The van der Waals surface area contributed by atoms with E-state index in [2.05, 4.69) is 15.6 Å². The van der Waals surface area contributed by atoms with Gasteiger partial charge in [-0.1, -0.05) is 23.5 Å². The Hall–Kier alpha value is -2.38. The van der Waals surface area contributed by atoms with E-state index >= 15 is 0 Å². The zero-order valence-corrected chi connectivity index (χ0v) is 13.5. The molecule has 2 aromatic carbocycles. The van der Waals surface area contributed by atoms with E-state index < -0.39 is 0 Å². The number of amides is 2. The first-order chi connectivity index (χ1) is 11.2. The van der Waals surface area contributed by atoms with Gasteiger partial charge in [-0.25, -0.2) is 4.98 Å². The summed E-state index contributed by atoms with van der Waals surface area (Å²) < 4.78 is 1.02. The number of anilines is 2. The average molecular weight is 341 g/mol. The molecule has 0 bridgehead atoms. The van der Waals surface area contributed by atoms with E-state index in [9.17, 15) is 9.59 Å². The summed E-state index contributed by atoms with van der Waals surface area (Å²) in [5.41, 5.74) is 2.04. The van der Waals surface area contributed by atoms with Crippen LogP contribution in [-0.2, 0) is 4.79 Å². The Bertz CT molecular complexity index is 903. The fourth-order valence-electron chi connectivity index (χ4n) is 2.32. The first-order valence-electron chi connectivity index (χ1n) is 6.93. The number of carbonyl (C=O) groups is 2. The minimum absolute atomic E-state index is 0.0498. The maximum atomic E-state index is 12.4. The number of thioether (sulfide) groups is 1. The minimum atomic E-state index is -0.239. The number of nitrogens with one attached hydrogen (secondary N) is 2. The number of benzene rings is 2. The van der Waals surface area contributed by atoms with Crippen molar-refractivity contribution in [3.8, 4) is 0 Å². The van der Waals surface area contributed by atoms with E-state index in [1.165, 1.54) is 23.1 Å². The number of fused-ring (bicyclic) bond motifs is 2. The van der Waals surface area contributed by atoms with Crippen LogP contribution in [0.5, 0.6) is 0 Å². The summed E-state index contributed by atoms with van der Waals surface area (Å²) in [7, 11) is 0. The summed E-state index contributed by atoms with van der Waals surface area (Å²) in [6.45, 7) is 0. The Labute approximate surface area is 140 Å². The van der Waals surface area contributed by atoms with Gasteiger partial charge < -0.3 is 5.32 Å². The van der Waals surface area contributed by atoms with Crippen LogP contribution in [0.4, 0.5) is 10.8 Å². The number of rotatable bonds is 2. The molecule has 114 valence electrons. The Kier molecular flexibility index (Phi) is 3.51. The molecule has 0 atom stereocenters. The van der Waals surface area contributed by atoms with Crippen LogP contribution >= 0.6 is 23.1 Å². The molecule has 2 amide bonds. The van der Waals surface area contributed by atoms with Crippen molar-refractivity contribution in [3.05, 3.63) is 48.0 Å². The zero-order chi connectivity index (χ0) is 15.8. The number of aromatic nitrogens is 1. The first kappa shape index (κ1) is 14.2. The Morgan fingerprint density at radius 2 is 2.09 bits per heavy atom. The second kappa shape index (κ2) is 5.68. The number of carbonyl (C=O) groups excluding carboxylic acids is 2. The van der Waals surface area contributed by atoms with Gasteiger partial charge >= 0.3 is 0 Å². The summed E-state index contributed by atoms with van der Waals surface area (Å²) in [6.07, 6.45) is 0. The fraction of sp³-hybridized carbons (Fsp3) is 0.0625. The molecule has 1 aromatic heterocycles. The molecule has 3 aromatic rings. The van der Waals surface area contributed by atoms with Crippen molar-refractivity contribution in [2.75, 3.05) is 16.4 Å². The highest BCUT2D eigenvalue weighted by Gasteiger charge is 2.18. The van der Waals surface area contributed by atoms with Gasteiger partial charge in [-0.05, 0) is 30.3 Å². The van der Waals surface area contributed by atoms with Crippen LogP contribution in [0.1, 0.15) is 10.4 Å². The SMILES string of the molecule is O=C1CSc2ccc(C(=O)Nc3nc4ccccc4s3)cc2N1. The molecule has 0 radical (unpaired) electrons. The van der Waals surface area contributed by atoms with E-state index in [0.717, 1.165) is 15.1 Å². The van der Waals surface area contributed by atoms with Crippen molar-refractivity contribution < 1.29 is 9.59 Å². The molecule has 1 aliphatic heterocycles. The Morgan fingerprint density at radius 3 is 2.96 bits per heavy atom. The summed E-state index contributed by atoms with van der Waals surface area (Å²) >= 11 is 2.90. The molecule has 0 saturated carbocycles. The lowest BCUT2D eigenvalue weighted by Gasteiger charge is -2.16. The topological polar surface area (TPSA) is 71.1 Å². The van der Waals surface area contributed by atoms with Gasteiger partial charge in [-0.3, -0.25) is 14.9 Å². The highest BCUT2D eigenvalue weighted by atomic mass is 32.2. The minimum Gasteiger partial charge on any atom is -0.324 e. The van der Waals surface area contributed by atoms with E-state index in [4.69, 9.17) is 0 Å². The van der Waals surface area contributed by atoms with Gasteiger partial charge in [0.15, 0.2) is 5.13 Å². The lowest BCUT2D eigenvalue weighted by molar-refractivity contribution is -0.113. The summed E-state index contributed by atoms with van der Waals surface area (Å²) in [5.74, 6) is 0.118. The molecule has 23 heavy (non-hydrogen) atoms. The van der Waals surface area contributed by atoms with Crippen LogP contribution in [0.25, 0.3) is 10.2 Å². The smallest absolute Gasteiger partial charge is 0.257 e. The molecular formula is C16H11N3O2S2. The molecule has 2 N–H and O–H groups in total. The molecule has 7 heteroatoms. The fourth-order valence-corrected chi connectivity index (χ4v) is 3.97. The number of hydrogen-bond donors (Lipinski definition) is 2. The second-order valence-corrected chi connectivity index (χ2v) is 7.04. The van der Waals surface area contributed by atoms with Gasteiger partial charge in [0.05, 0.1) is 21.7 Å². The first-order valence-corrected chi connectivity index (χ1v) is 8.73. The van der Waals surface area contributed by atoms with Gasteiger partial charge in [0.1, 0.15) is 0 Å². The van der Waals surface area contributed by atoms with E-state index in [0.29, 0.717) is 22.1 Å². The Morgan fingerprint density at radius 1 is 1.22 bits per heavy atom. The maximum Gasteiger partial charge on any atom is 0.257 e. The van der Waals surface area contributed by atoms with Crippen molar-refractivity contribution in [2.45, 2.75) is 4.90 Å². The molecule has 0 unspecified atom stereocenters. The Balaban J connectivity index is 1.59. The van der Waals surface area contributed by atoms with Gasteiger partial charge in [0, 0.05) is 10.5 Å². The monoisotopic (exact) mass is 341 g/mol. The molecular weight excluding hydrogens is 330 g/mol. The predicted octanol–water partition coefficient (Wildman–Crippen LogP) is 3.59. The summed E-state index contributed by atoms with van der Waals surface area (Å²) in [4.78, 5) is 29.2. The van der Waals surface area contributed by atoms with Crippen LogP contribution in [0.3, 0.4) is 0 Å². The molecule has 5 nitrogen and oxygen atoms in total. The predicted molar refractivity (Wildman–Crippen MR) is 93.4 cm³/mol. The van der Waals surface area contributed by atoms with Crippen molar-refractivity contribution in [2.24, 2.45) is 0 Å². The van der Waals surface area contributed by atoms with Crippen LogP contribution in [0.2, 0.25) is 0 Å². The second-order valence-electron chi connectivity index (χ2n) is 4.99. The number of para-hydroxylation sites is 1. The summed E-state index contributed by atoms with van der Waals surface area (Å²) in [5, 5.41) is 6.16. The number of thiazole rings is 1. The third-order valence-electron chi connectivity index (χ3n) is 3.39. The lowest BCUT2D eigenvalue weighted by Crippen LogP contribution is -2.19. The molecule has 1 aliphatic rings. The van der Waals surface area contributed by atoms with Crippen LogP contribution in [0.15, 0.2) is 47.4 Å². The van der Waals surface area contributed by atoms with E-state index in [-0.39, 0.29) is 11.8 Å². The molecule has 0 fully saturated rings. The van der Waals surface area contributed by atoms with Crippen molar-refractivity contribution in [3.63, 3.8) is 0 Å². The van der Waals surface area contributed by atoms with Gasteiger partial charge in [0.2, 0.25) is 5.91 Å². The normalized spacial score (nSPS) is 13.5. The van der Waals surface area contributed by atoms with Crippen molar-refractivity contribution >= 4 is 55.9 Å². The molecule has 0 spiro atoms. The largest absolute Gasteiger partial charge is 0.324 e. The standard InChI is InChI=1S/C16H11N3O2S2/c20-14-8-22-12-6-5-9(7-11(12)17-14)15(21)19-16-18-10-3-1-2-4-13(10)23-16/h1-7H,8H2,(H,17,20)(H,18,19,21). The third kappa shape index (κ3) is 2.80. The summed E-state index contributed by atoms with van der Waals surface area (Å²) in [6, 6.07) is 13.0. The molecule has 2 heterocycles. The van der Waals surface area contributed by atoms with Gasteiger partial charge in [-0.15, -0.1) is 11.8 Å². The van der Waals surface area contributed by atoms with Gasteiger partial charge in [0.25, 0.3) is 5.91 Å². The van der Waals surface area contributed by atoms with E-state index in [1.807, 2.05) is 30.3 Å². The highest BCUT2D eigenvalue weighted by Crippen LogP contribution is 2.32. The molecule has 4 rings (SSSR count). The van der Waals surface area contributed by atoms with Crippen molar-refractivity contribution in [1.82, 2.24) is 4.98 Å². The molecule has 0 saturated heterocycles.